The number of allylic oxidation sites excluding steroid dienone is 4. The first-order valence-electron chi connectivity index (χ1n) is 3.27. The minimum absolute atomic E-state index is 0.210. The molecule has 0 N–H and O–H groups in total. The Morgan fingerprint density at radius 3 is 2.80 bits per heavy atom. The van der Waals surface area contributed by atoms with Gasteiger partial charge < -0.3 is 0 Å². The molecular formula is C8H9IO. The standard InChI is InChI=1S/C8H9IO/c1-6(10)7-3-2-4-8(9)5-7/h4-5H,2-3H2,1H3. The third-order valence-corrected chi connectivity index (χ3v) is 2.27. The Kier molecular flexibility index (Phi) is 2.65. The van der Waals surface area contributed by atoms with Crippen molar-refractivity contribution in [3.8, 4) is 0 Å². The topological polar surface area (TPSA) is 17.1 Å². The van der Waals surface area contributed by atoms with Gasteiger partial charge in [0.2, 0.25) is 0 Å². The van der Waals surface area contributed by atoms with E-state index in [1.807, 2.05) is 6.08 Å². The van der Waals surface area contributed by atoms with Gasteiger partial charge in [-0.2, -0.15) is 0 Å². The van der Waals surface area contributed by atoms with E-state index in [0.29, 0.717) is 0 Å². The zero-order valence-corrected chi connectivity index (χ0v) is 8.01. The number of hydrogen-bond acceptors (Lipinski definition) is 1. The Hall–Kier alpha value is -0.120. The van der Waals surface area contributed by atoms with Gasteiger partial charge in [0.05, 0.1) is 0 Å². The smallest absolute Gasteiger partial charge is 0.155 e. The summed E-state index contributed by atoms with van der Waals surface area (Å²) >= 11 is 2.24. The van der Waals surface area contributed by atoms with E-state index in [1.54, 1.807) is 6.92 Å². The summed E-state index contributed by atoms with van der Waals surface area (Å²) in [7, 11) is 0. The van der Waals surface area contributed by atoms with Crippen molar-refractivity contribution in [2.45, 2.75) is 19.8 Å². The molecule has 0 unspecified atom stereocenters. The van der Waals surface area contributed by atoms with E-state index < -0.39 is 0 Å². The average molecular weight is 248 g/mol. The molecule has 0 aromatic carbocycles. The van der Waals surface area contributed by atoms with Gasteiger partial charge in [-0.1, -0.05) is 6.08 Å². The predicted molar refractivity (Wildman–Crippen MR) is 50.1 cm³/mol. The van der Waals surface area contributed by atoms with Crippen molar-refractivity contribution in [1.29, 1.82) is 0 Å². The van der Waals surface area contributed by atoms with Gasteiger partial charge in [-0.3, -0.25) is 4.79 Å². The van der Waals surface area contributed by atoms with Gasteiger partial charge in [-0.05, 0) is 54.0 Å². The lowest BCUT2D eigenvalue weighted by Gasteiger charge is -2.06. The number of hydrogen-bond donors (Lipinski definition) is 0. The van der Waals surface area contributed by atoms with Crippen LogP contribution < -0.4 is 0 Å². The van der Waals surface area contributed by atoms with Gasteiger partial charge in [0.1, 0.15) is 0 Å². The molecule has 0 spiro atoms. The summed E-state index contributed by atoms with van der Waals surface area (Å²) in [6, 6.07) is 0. The van der Waals surface area contributed by atoms with Crippen LogP contribution in [0.3, 0.4) is 0 Å². The van der Waals surface area contributed by atoms with Crippen molar-refractivity contribution in [1.82, 2.24) is 0 Å². The van der Waals surface area contributed by atoms with Crippen molar-refractivity contribution in [3.05, 3.63) is 21.3 Å². The lowest BCUT2D eigenvalue weighted by Crippen LogP contribution is -1.98. The van der Waals surface area contributed by atoms with E-state index in [2.05, 4.69) is 28.7 Å². The molecule has 1 rings (SSSR count). The molecule has 2 heteroatoms. The normalized spacial score (nSPS) is 17.8. The molecule has 1 aliphatic rings. The Labute approximate surface area is 74.3 Å². The van der Waals surface area contributed by atoms with Gasteiger partial charge in [0.25, 0.3) is 0 Å². The molecular weight excluding hydrogens is 239 g/mol. The number of carbonyl (C=O) groups excluding carboxylic acids is 1. The number of ketones is 1. The van der Waals surface area contributed by atoms with Crippen LogP contribution >= 0.6 is 22.6 Å². The molecule has 0 saturated heterocycles. The number of halogens is 1. The molecule has 0 aromatic rings. The summed E-state index contributed by atoms with van der Waals surface area (Å²) < 4.78 is 1.19. The molecule has 1 aliphatic carbocycles. The highest BCUT2D eigenvalue weighted by molar-refractivity contribution is 14.1. The summed E-state index contributed by atoms with van der Waals surface area (Å²) in [5.74, 6) is 0.210. The lowest BCUT2D eigenvalue weighted by molar-refractivity contribution is -0.113. The van der Waals surface area contributed by atoms with Gasteiger partial charge in [0.15, 0.2) is 5.78 Å². The Bertz CT molecular complexity index is 213. The Morgan fingerprint density at radius 2 is 2.40 bits per heavy atom. The highest BCUT2D eigenvalue weighted by Gasteiger charge is 2.06. The summed E-state index contributed by atoms with van der Waals surface area (Å²) in [4.78, 5) is 10.8. The number of Topliss-reactive ketones (excluding diaryl/α,β-unsaturated/α-hetero) is 1. The van der Waals surface area contributed by atoms with Crippen LogP contribution in [0.1, 0.15) is 19.8 Å². The zero-order chi connectivity index (χ0) is 7.56. The second-order valence-corrected chi connectivity index (χ2v) is 3.60. The van der Waals surface area contributed by atoms with Crippen LogP contribution in [0.4, 0.5) is 0 Å². The molecule has 0 aromatic heterocycles. The molecule has 1 nitrogen and oxygen atoms in total. The van der Waals surface area contributed by atoms with Crippen molar-refractivity contribution in [2.24, 2.45) is 0 Å². The van der Waals surface area contributed by atoms with Crippen LogP contribution in [0.5, 0.6) is 0 Å². The molecule has 0 atom stereocenters. The minimum atomic E-state index is 0.210. The quantitative estimate of drug-likeness (QED) is 0.652. The van der Waals surface area contributed by atoms with Crippen LogP contribution in [-0.4, -0.2) is 5.78 Å². The van der Waals surface area contributed by atoms with E-state index in [0.717, 1.165) is 18.4 Å². The molecule has 0 fully saturated rings. The Morgan fingerprint density at radius 1 is 1.70 bits per heavy atom. The number of rotatable bonds is 1. The first-order valence-corrected chi connectivity index (χ1v) is 4.35. The molecule has 0 saturated carbocycles. The van der Waals surface area contributed by atoms with Crippen LogP contribution in [0.25, 0.3) is 0 Å². The molecule has 0 bridgehead atoms. The average Bonchev–Trinajstić information content (AvgIpc) is 1.88. The highest BCUT2D eigenvalue weighted by atomic mass is 127. The van der Waals surface area contributed by atoms with E-state index in [1.165, 1.54) is 3.58 Å². The first kappa shape index (κ1) is 7.98. The third-order valence-electron chi connectivity index (χ3n) is 1.52. The van der Waals surface area contributed by atoms with E-state index in [-0.39, 0.29) is 5.78 Å². The van der Waals surface area contributed by atoms with Crippen molar-refractivity contribution in [3.63, 3.8) is 0 Å². The van der Waals surface area contributed by atoms with Crippen molar-refractivity contribution < 1.29 is 4.79 Å². The van der Waals surface area contributed by atoms with Gasteiger partial charge in [-0.25, -0.2) is 0 Å². The van der Waals surface area contributed by atoms with Crippen LogP contribution in [0, 0.1) is 0 Å². The third kappa shape index (κ3) is 1.94. The fraction of sp³-hybridized carbons (Fsp3) is 0.375. The summed E-state index contributed by atoms with van der Waals surface area (Å²) in [6.07, 6.45) is 6.05. The van der Waals surface area contributed by atoms with Gasteiger partial charge in [-0.15, -0.1) is 0 Å². The summed E-state index contributed by atoms with van der Waals surface area (Å²) in [5.41, 5.74) is 0.965. The fourth-order valence-electron chi connectivity index (χ4n) is 0.941. The minimum Gasteiger partial charge on any atom is -0.295 e. The second-order valence-electron chi connectivity index (χ2n) is 2.35. The van der Waals surface area contributed by atoms with E-state index in [4.69, 9.17) is 0 Å². The van der Waals surface area contributed by atoms with E-state index >= 15 is 0 Å². The molecule has 0 amide bonds. The van der Waals surface area contributed by atoms with E-state index in [9.17, 15) is 4.79 Å². The summed E-state index contributed by atoms with van der Waals surface area (Å²) in [6.45, 7) is 1.63. The lowest BCUT2D eigenvalue weighted by atomic mass is 10.0. The SMILES string of the molecule is CC(=O)C1=CC(I)=CCC1. The van der Waals surface area contributed by atoms with Crippen LogP contribution in [0.2, 0.25) is 0 Å². The molecule has 10 heavy (non-hydrogen) atoms. The molecule has 0 radical (unpaired) electrons. The monoisotopic (exact) mass is 248 g/mol. The Balaban J connectivity index is 2.78. The maximum absolute atomic E-state index is 10.8. The predicted octanol–water partition coefficient (Wildman–Crippen LogP) is 2.61. The van der Waals surface area contributed by atoms with Crippen molar-refractivity contribution in [2.75, 3.05) is 0 Å². The maximum Gasteiger partial charge on any atom is 0.155 e. The number of carbonyl (C=O) groups is 1. The molecule has 0 heterocycles. The van der Waals surface area contributed by atoms with Gasteiger partial charge >= 0.3 is 0 Å². The van der Waals surface area contributed by atoms with Crippen LogP contribution in [0.15, 0.2) is 21.3 Å². The molecule has 0 aliphatic heterocycles. The highest BCUT2D eigenvalue weighted by Crippen LogP contribution is 2.21. The maximum atomic E-state index is 10.8. The first-order chi connectivity index (χ1) is 4.70. The van der Waals surface area contributed by atoms with Gasteiger partial charge in [0, 0.05) is 3.58 Å². The largest absolute Gasteiger partial charge is 0.295 e. The van der Waals surface area contributed by atoms with Crippen LogP contribution in [-0.2, 0) is 4.79 Å². The fourth-order valence-corrected chi connectivity index (χ4v) is 1.63. The second kappa shape index (κ2) is 3.32. The zero-order valence-electron chi connectivity index (χ0n) is 5.86. The van der Waals surface area contributed by atoms with Crippen molar-refractivity contribution >= 4 is 28.4 Å². The molecule has 54 valence electrons. The summed E-state index contributed by atoms with van der Waals surface area (Å²) in [5, 5.41) is 0.